The van der Waals surface area contributed by atoms with Gasteiger partial charge in [-0.2, -0.15) is 0 Å². The summed E-state index contributed by atoms with van der Waals surface area (Å²) >= 11 is 0. The van der Waals surface area contributed by atoms with E-state index in [1.165, 1.54) is 6.08 Å². The first-order valence-electron chi connectivity index (χ1n) is 8.90. The van der Waals surface area contributed by atoms with Gasteiger partial charge >= 0.3 is 0 Å². The summed E-state index contributed by atoms with van der Waals surface area (Å²) in [6.07, 6.45) is 2.52. The Hall–Kier alpha value is -3.86. The third kappa shape index (κ3) is 3.94. The Bertz CT molecular complexity index is 1030. The molecule has 2 amide bonds. The summed E-state index contributed by atoms with van der Waals surface area (Å²) in [7, 11) is 0. The van der Waals surface area contributed by atoms with Crippen molar-refractivity contribution < 1.29 is 14.3 Å². The van der Waals surface area contributed by atoms with E-state index in [2.05, 4.69) is 10.6 Å². The van der Waals surface area contributed by atoms with E-state index >= 15 is 0 Å². The molecule has 1 aliphatic rings. The van der Waals surface area contributed by atoms with Crippen molar-refractivity contribution in [3.63, 3.8) is 0 Å². The van der Waals surface area contributed by atoms with Crippen LogP contribution in [0.3, 0.4) is 0 Å². The third-order valence-corrected chi connectivity index (χ3v) is 4.32. The van der Waals surface area contributed by atoms with Crippen molar-refractivity contribution >= 4 is 29.3 Å². The Labute approximate surface area is 162 Å². The van der Waals surface area contributed by atoms with Crippen LogP contribution in [0.15, 0.2) is 84.9 Å². The van der Waals surface area contributed by atoms with Crippen molar-refractivity contribution in [2.75, 3.05) is 10.6 Å². The van der Waals surface area contributed by atoms with Crippen molar-refractivity contribution in [2.24, 2.45) is 0 Å². The summed E-state index contributed by atoms with van der Waals surface area (Å²) in [5.74, 6) is 0.0615. The van der Waals surface area contributed by atoms with Gasteiger partial charge in [0.25, 0.3) is 5.91 Å². The molecule has 28 heavy (non-hydrogen) atoms. The summed E-state index contributed by atoms with van der Waals surface area (Å²) in [5.41, 5.74) is 2.83. The first-order chi connectivity index (χ1) is 13.7. The van der Waals surface area contributed by atoms with E-state index in [1.807, 2.05) is 60.7 Å². The van der Waals surface area contributed by atoms with Gasteiger partial charge in [-0.15, -0.1) is 0 Å². The van der Waals surface area contributed by atoms with E-state index in [0.29, 0.717) is 17.1 Å². The first kappa shape index (κ1) is 17.5. The number of fused-ring (bicyclic) bond motifs is 1. The van der Waals surface area contributed by atoms with Crippen LogP contribution in [-0.4, -0.2) is 11.8 Å². The lowest BCUT2D eigenvalue weighted by atomic mass is 10.1. The molecule has 0 aromatic heterocycles. The number of amides is 2. The maximum absolute atomic E-state index is 12.4. The summed E-state index contributed by atoms with van der Waals surface area (Å²) in [6, 6.07) is 24.0. The van der Waals surface area contributed by atoms with Crippen LogP contribution in [0, 0.1) is 0 Å². The fourth-order valence-corrected chi connectivity index (χ4v) is 2.95. The highest BCUT2D eigenvalue weighted by atomic mass is 16.5. The van der Waals surface area contributed by atoms with Gasteiger partial charge in [-0.3, -0.25) is 9.59 Å². The maximum atomic E-state index is 12.4. The molecule has 2 N–H and O–H groups in total. The Kier molecular flexibility index (Phi) is 4.89. The van der Waals surface area contributed by atoms with E-state index in [1.54, 1.807) is 24.3 Å². The standard InChI is InChI=1S/C23H18N2O3/c26-21(14-11-16-7-3-1-4-8-16)24-18-12-13-20-19(15-18)25-23(27)22(28-20)17-9-5-2-6-10-17/h1-15,22H,(H,24,26)(H,25,27)/b14-11+. The molecule has 3 aromatic carbocycles. The van der Waals surface area contributed by atoms with E-state index in [4.69, 9.17) is 4.74 Å². The van der Waals surface area contributed by atoms with Crippen molar-refractivity contribution in [1.82, 2.24) is 0 Å². The van der Waals surface area contributed by atoms with Crippen LogP contribution >= 0.6 is 0 Å². The molecule has 138 valence electrons. The second-order valence-electron chi connectivity index (χ2n) is 6.34. The average Bonchev–Trinajstić information content (AvgIpc) is 2.73. The van der Waals surface area contributed by atoms with Crippen LogP contribution in [0.1, 0.15) is 17.2 Å². The summed E-state index contributed by atoms with van der Waals surface area (Å²) in [6.45, 7) is 0. The van der Waals surface area contributed by atoms with Crippen molar-refractivity contribution in [3.8, 4) is 5.75 Å². The second-order valence-corrected chi connectivity index (χ2v) is 6.34. The lowest BCUT2D eigenvalue weighted by Crippen LogP contribution is -2.30. The predicted octanol–water partition coefficient (Wildman–Crippen LogP) is 4.41. The third-order valence-electron chi connectivity index (χ3n) is 4.32. The predicted molar refractivity (Wildman–Crippen MR) is 109 cm³/mol. The molecular formula is C23H18N2O3. The van der Waals surface area contributed by atoms with Gasteiger partial charge in [0, 0.05) is 17.3 Å². The highest BCUT2D eigenvalue weighted by molar-refractivity contribution is 6.03. The molecule has 0 saturated heterocycles. The number of hydrogen-bond donors (Lipinski definition) is 2. The smallest absolute Gasteiger partial charge is 0.270 e. The molecule has 1 atom stereocenters. The van der Waals surface area contributed by atoms with Gasteiger partial charge in [0.05, 0.1) is 5.69 Å². The van der Waals surface area contributed by atoms with Crippen LogP contribution in [0.5, 0.6) is 5.75 Å². The van der Waals surface area contributed by atoms with Crippen molar-refractivity contribution in [1.29, 1.82) is 0 Å². The molecule has 1 heterocycles. The first-order valence-corrected chi connectivity index (χ1v) is 8.90. The van der Waals surface area contributed by atoms with Gasteiger partial charge in [-0.05, 0) is 29.8 Å². The van der Waals surface area contributed by atoms with Crippen LogP contribution in [0.4, 0.5) is 11.4 Å². The Morgan fingerprint density at radius 1 is 0.964 bits per heavy atom. The molecule has 0 fully saturated rings. The number of rotatable bonds is 4. The van der Waals surface area contributed by atoms with Crippen LogP contribution < -0.4 is 15.4 Å². The summed E-state index contributed by atoms with van der Waals surface area (Å²) in [4.78, 5) is 24.6. The lowest BCUT2D eigenvalue weighted by Gasteiger charge is -2.26. The lowest BCUT2D eigenvalue weighted by molar-refractivity contribution is -0.123. The average molecular weight is 370 g/mol. The number of anilines is 2. The molecule has 5 nitrogen and oxygen atoms in total. The number of benzene rings is 3. The van der Waals surface area contributed by atoms with E-state index in [9.17, 15) is 9.59 Å². The van der Waals surface area contributed by atoms with Gasteiger partial charge in [0.15, 0.2) is 0 Å². The Morgan fingerprint density at radius 2 is 1.68 bits per heavy atom. The number of nitrogens with one attached hydrogen (secondary N) is 2. The molecule has 5 heteroatoms. The normalized spacial score (nSPS) is 15.4. The van der Waals surface area contributed by atoms with Crippen LogP contribution in [0.25, 0.3) is 6.08 Å². The van der Waals surface area contributed by atoms with Crippen LogP contribution in [-0.2, 0) is 9.59 Å². The van der Waals surface area contributed by atoms with Gasteiger partial charge in [-0.25, -0.2) is 0 Å². The molecule has 1 aliphatic heterocycles. The minimum Gasteiger partial charge on any atom is -0.474 e. The minimum atomic E-state index is -0.692. The Morgan fingerprint density at radius 3 is 2.43 bits per heavy atom. The monoisotopic (exact) mass is 370 g/mol. The summed E-state index contributed by atoms with van der Waals surface area (Å²) < 4.78 is 5.86. The largest absolute Gasteiger partial charge is 0.474 e. The van der Waals surface area contributed by atoms with Gasteiger partial charge in [0.2, 0.25) is 12.0 Å². The highest BCUT2D eigenvalue weighted by Crippen LogP contribution is 2.36. The number of carbonyl (C=O) groups excluding carboxylic acids is 2. The Balaban J connectivity index is 1.46. The SMILES string of the molecule is O=C(/C=C/c1ccccc1)Nc1ccc2c(c1)NC(=O)C(c1ccccc1)O2. The van der Waals surface area contributed by atoms with E-state index in [0.717, 1.165) is 11.1 Å². The quantitative estimate of drug-likeness (QED) is 0.669. The zero-order valence-corrected chi connectivity index (χ0v) is 15.0. The second kappa shape index (κ2) is 7.80. The summed E-state index contributed by atoms with van der Waals surface area (Å²) in [5, 5.41) is 5.63. The number of ether oxygens (including phenoxy) is 1. The molecular weight excluding hydrogens is 352 g/mol. The molecule has 4 rings (SSSR count). The molecule has 0 saturated carbocycles. The van der Waals surface area contributed by atoms with E-state index in [-0.39, 0.29) is 11.8 Å². The fourth-order valence-electron chi connectivity index (χ4n) is 2.95. The van der Waals surface area contributed by atoms with Gasteiger partial charge < -0.3 is 15.4 Å². The molecule has 0 bridgehead atoms. The molecule has 0 spiro atoms. The maximum Gasteiger partial charge on any atom is 0.270 e. The van der Waals surface area contributed by atoms with Crippen molar-refractivity contribution in [3.05, 3.63) is 96.1 Å². The van der Waals surface area contributed by atoms with Crippen LogP contribution in [0.2, 0.25) is 0 Å². The van der Waals surface area contributed by atoms with E-state index < -0.39 is 6.10 Å². The van der Waals surface area contributed by atoms with Gasteiger partial charge in [0.1, 0.15) is 5.75 Å². The minimum absolute atomic E-state index is 0.244. The zero-order valence-electron chi connectivity index (χ0n) is 15.0. The topological polar surface area (TPSA) is 67.4 Å². The zero-order chi connectivity index (χ0) is 19.3. The fraction of sp³-hybridized carbons (Fsp3) is 0.0435. The molecule has 0 radical (unpaired) electrons. The highest BCUT2D eigenvalue weighted by Gasteiger charge is 2.29. The van der Waals surface area contributed by atoms with Gasteiger partial charge in [-0.1, -0.05) is 60.7 Å². The molecule has 1 unspecified atom stereocenters. The number of hydrogen-bond acceptors (Lipinski definition) is 3. The van der Waals surface area contributed by atoms with Crippen molar-refractivity contribution in [2.45, 2.75) is 6.10 Å². The number of carbonyl (C=O) groups is 2. The molecule has 3 aromatic rings. The molecule has 0 aliphatic carbocycles.